The quantitative estimate of drug-likeness (QED) is 0.816. The summed E-state index contributed by atoms with van der Waals surface area (Å²) in [6.45, 7) is 1.93. The Morgan fingerprint density at radius 3 is 2.93 bits per heavy atom. The van der Waals surface area contributed by atoms with Gasteiger partial charge in [0.05, 0.1) is 13.2 Å². The minimum absolute atomic E-state index is 0.501. The number of nitrogens with zero attached hydrogens (tertiary/aromatic N) is 1. The predicted molar refractivity (Wildman–Crippen MR) is 55.2 cm³/mol. The van der Waals surface area contributed by atoms with Gasteiger partial charge in [0.15, 0.2) is 0 Å². The maximum absolute atomic E-state index is 5.41. The van der Waals surface area contributed by atoms with Crippen molar-refractivity contribution in [1.82, 2.24) is 9.69 Å². The highest BCUT2D eigenvalue weighted by molar-refractivity contribution is 7.05. The molecule has 0 spiro atoms. The summed E-state index contributed by atoms with van der Waals surface area (Å²) >= 11 is 1.61. The zero-order chi connectivity index (χ0) is 9.54. The van der Waals surface area contributed by atoms with E-state index in [4.69, 9.17) is 4.74 Å². The minimum Gasteiger partial charge on any atom is -0.381 e. The van der Waals surface area contributed by atoms with Crippen molar-refractivity contribution in [1.29, 1.82) is 0 Å². The van der Waals surface area contributed by atoms with E-state index in [0.717, 1.165) is 31.0 Å². The van der Waals surface area contributed by atoms with Crippen LogP contribution in [0.4, 0.5) is 0 Å². The Labute approximate surface area is 87.6 Å². The van der Waals surface area contributed by atoms with Gasteiger partial charge in [0.25, 0.3) is 0 Å². The molecular formula is C10H14N2OS. The zero-order valence-corrected chi connectivity index (χ0v) is 8.96. The second kappa shape index (κ2) is 3.29. The Bertz CT molecular complexity index is 304. The first-order valence-corrected chi connectivity index (χ1v) is 5.84. The van der Waals surface area contributed by atoms with Crippen LogP contribution in [-0.2, 0) is 4.74 Å². The molecule has 2 aliphatic rings. The van der Waals surface area contributed by atoms with E-state index in [2.05, 4.69) is 15.8 Å². The maximum Gasteiger partial charge on any atom is 0.0501 e. The summed E-state index contributed by atoms with van der Waals surface area (Å²) in [4.78, 5) is 1.37. The van der Waals surface area contributed by atoms with Crippen LogP contribution in [0.3, 0.4) is 0 Å². The van der Waals surface area contributed by atoms with Crippen LogP contribution in [0, 0.1) is 17.8 Å². The number of ether oxygens (including phenoxy) is 1. The SMILES string of the molecule is CNC(c1ccns1)C1C2COCC21. The van der Waals surface area contributed by atoms with Crippen LogP contribution in [-0.4, -0.2) is 24.6 Å². The highest BCUT2D eigenvalue weighted by Crippen LogP contribution is 2.56. The molecule has 0 aromatic carbocycles. The summed E-state index contributed by atoms with van der Waals surface area (Å²) in [5, 5.41) is 3.41. The second-order valence-electron chi connectivity index (χ2n) is 4.12. The fourth-order valence-corrected chi connectivity index (χ4v) is 3.44. The van der Waals surface area contributed by atoms with E-state index in [0.29, 0.717) is 6.04 Å². The number of rotatable bonds is 3. The van der Waals surface area contributed by atoms with Gasteiger partial charge in [-0.25, -0.2) is 4.37 Å². The van der Waals surface area contributed by atoms with Crippen LogP contribution >= 0.6 is 11.5 Å². The molecule has 1 aliphatic carbocycles. The van der Waals surface area contributed by atoms with Crippen molar-refractivity contribution >= 4 is 11.5 Å². The van der Waals surface area contributed by atoms with Crippen LogP contribution in [0.5, 0.6) is 0 Å². The molecule has 1 saturated heterocycles. The summed E-state index contributed by atoms with van der Waals surface area (Å²) in [5.74, 6) is 2.39. The molecule has 1 aromatic rings. The molecule has 2 fully saturated rings. The van der Waals surface area contributed by atoms with Gasteiger partial charge in [0.2, 0.25) is 0 Å². The predicted octanol–water partition coefficient (Wildman–Crippen LogP) is 1.30. The summed E-state index contributed by atoms with van der Waals surface area (Å²) in [5.41, 5.74) is 0. The van der Waals surface area contributed by atoms with Gasteiger partial charge in [-0.2, -0.15) is 0 Å². The number of hydrogen-bond acceptors (Lipinski definition) is 4. The van der Waals surface area contributed by atoms with Crippen LogP contribution in [0.25, 0.3) is 0 Å². The van der Waals surface area contributed by atoms with Gasteiger partial charge in [-0.15, -0.1) is 0 Å². The fourth-order valence-electron chi connectivity index (χ4n) is 2.69. The van der Waals surface area contributed by atoms with Crippen LogP contribution in [0.15, 0.2) is 12.3 Å². The molecule has 76 valence electrons. The second-order valence-corrected chi connectivity index (χ2v) is 4.99. The first-order valence-electron chi connectivity index (χ1n) is 5.07. The first kappa shape index (κ1) is 8.83. The van der Waals surface area contributed by atoms with Crippen molar-refractivity contribution in [2.24, 2.45) is 17.8 Å². The molecule has 14 heavy (non-hydrogen) atoms. The topological polar surface area (TPSA) is 34.2 Å². The molecular weight excluding hydrogens is 196 g/mol. The Balaban J connectivity index is 1.77. The van der Waals surface area contributed by atoms with Gasteiger partial charge in [-0.1, -0.05) is 0 Å². The highest BCUT2D eigenvalue weighted by Gasteiger charge is 2.57. The van der Waals surface area contributed by atoms with Crippen molar-refractivity contribution in [3.63, 3.8) is 0 Å². The molecule has 1 N–H and O–H groups in total. The van der Waals surface area contributed by atoms with Gasteiger partial charge in [-0.3, -0.25) is 0 Å². The summed E-state index contributed by atoms with van der Waals surface area (Å²) in [7, 11) is 2.04. The molecule has 3 unspecified atom stereocenters. The minimum atomic E-state index is 0.501. The molecule has 1 saturated carbocycles. The molecule has 1 aliphatic heterocycles. The maximum atomic E-state index is 5.41. The van der Waals surface area contributed by atoms with Crippen molar-refractivity contribution in [3.05, 3.63) is 17.1 Å². The molecule has 3 nitrogen and oxygen atoms in total. The average molecular weight is 210 g/mol. The lowest BCUT2D eigenvalue weighted by Crippen LogP contribution is -2.20. The molecule has 2 heterocycles. The Kier molecular flexibility index (Phi) is 2.08. The third kappa shape index (κ3) is 1.21. The van der Waals surface area contributed by atoms with Crippen molar-refractivity contribution < 1.29 is 4.74 Å². The Hall–Kier alpha value is -0.450. The van der Waals surface area contributed by atoms with E-state index in [-0.39, 0.29) is 0 Å². The molecule has 1 aromatic heterocycles. The van der Waals surface area contributed by atoms with E-state index >= 15 is 0 Å². The van der Waals surface area contributed by atoms with Crippen LogP contribution < -0.4 is 5.32 Å². The third-order valence-corrected chi connectivity index (χ3v) is 4.31. The summed E-state index contributed by atoms with van der Waals surface area (Å²) in [6.07, 6.45) is 1.89. The van der Waals surface area contributed by atoms with Gasteiger partial charge in [0.1, 0.15) is 0 Å². The number of aromatic nitrogens is 1. The lowest BCUT2D eigenvalue weighted by molar-refractivity contribution is 0.144. The van der Waals surface area contributed by atoms with Crippen molar-refractivity contribution in [3.8, 4) is 0 Å². The molecule has 3 atom stereocenters. The monoisotopic (exact) mass is 210 g/mol. The molecule has 4 heteroatoms. The lowest BCUT2D eigenvalue weighted by atomic mass is 10.1. The largest absolute Gasteiger partial charge is 0.381 e. The fraction of sp³-hybridized carbons (Fsp3) is 0.700. The van der Waals surface area contributed by atoms with Crippen LogP contribution in [0.2, 0.25) is 0 Å². The van der Waals surface area contributed by atoms with Crippen molar-refractivity contribution in [2.45, 2.75) is 6.04 Å². The first-order chi connectivity index (χ1) is 6.92. The zero-order valence-electron chi connectivity index (χ0n) is 8.14. The number of hydrogen-bond donors (Lipinski definition) is 1. The lowest BCUT2D eigenvalue weighted by Gasteiger charge is -2.15. The van der Waals surface area contributed by atoms with Gasteiger partial charge >= 0.3 is 0 Å². The summed E-state index contributed by atoms with van der Waals surface area (Å²) in [6, 6.07) is 2.63. The normalized spacial score (nSPS) is 36.8. The average Bonchev–Trinajstić information content (AvgIpc) is 2.67. The highest BCUT2D eigenvalue weighted by atomic mass is 32.1. The Morgan fingerprint density at radius 1 is 1.57 bits per heavy atom. The van der Waals surface area contributed by atoms with Crippen molar-refractivity contribution in [2.75, 3.05) is 20.3 Å². The van der Waals surface area contributed by atoms with E-state index < -0.39 is 0 Å². The molecule has 0 radical (unpaired) electrons. The molecule has 0 amide bonds. The standard InChI is InChI=1S/C10H14N2OS/c1-11-10(8-2-3-12-14-8)9-6-4-13-5-7(6)9/h2-3,6-7,9-11H,4-5H2,1H3. The van der Waals surface area contributed by atoms with E-state index in [9.17, 15) is 0 Å². The Morgan fingerprint density at radius 2 is 2.36 bits per heavy atom. The van der Waals surface area contributed by atoms with Gasteiger partial charge in [-0.05, 0) is 42.4 Å². The van der Waals surface area contributed by atoms with Crippen LogP contribution in [0.1, 0.15) is 10.9 Å². The molecule has 3 rings (SSSR count). The van der Waals surface area contributed by atoms with E-state index in [1.165, 1.54) is 4.88 Å². The van der Waals surface area contributed by atoms with Gasteiger partial charge in [0, 0.05) is 17.1 Å². The van der Waals surface area contributed by atoms with E-state index in [1.807, 2.05) is 13.2 Å². The number of nitrogens with one attached hydrogen (secondary N) is 1. The molecule has 0 bridgehead atoms. The third-order valence-electron chi connectivity index (χ3n) is 3.48. The number of fused-ring (bicyclic) bond motifs is 1. The summed E-state index contributed by atoms with van der Waals surface area (Å²) < 4.78 is 9.57. The van der Waals surface area contributed by atoms with E-state index in [1.54, 1.807) is 11.5 Å². The smallest absolute Gasteiger partial charge is 0.0501 e. The van der Waals surface area contributed by atoms with Gasteiger partial charge < -0.3 is 10.1 Å².